The third kappa shape index (κ3) is 2.50. The van der Waals surface area contributed by atoms with E-state index in [0.29, 0.717) is 11.5 Å². The Balaban J connectivity index is 1.62. The molecule has 1 aromatic rings. The standard InChI is InChI=1S/C18H26FN/c1-13-10-15(11-14(2)17(13)19)12-20-16-6-9-18(16)7-4-3-5-8-18/h10-11,16,20H,3-9,12H2,1-2H3. The molecule has 1 N–H and O–H groups in total. The molecule has 3 rings (SSSR count). The van der Waals surface area contributed by atoms with Crippen LogP contribution in [-0.2, 0) is 6.54 Å². The van der Waals surface area contributed by atoms with Crippen LogP contribution >= 0.6 is 0 Å². The number of benzene rings is 1. The maximum atomic E-state index is 13.7. The quantitative estimate of drug-likeness (QED) is 0.847. The van der Waals surface area contributed by atoms with Crippen molar-refractivity contribution in [3.8, 4) is 0 Å². The minimum absolute atomic E-state index is 0.0545. The molecule has 0 heterocycles. The van der Waals surface area contributed by atoms with Crippen LogP contribution in [0.4, 0.5) is 4.39 Å². The number of halogens is 1. The van der Waals surface area contributed by atoms with Gasteiger partial charge in [-0.3, -0.25) is 0 Å². The molecule has 1 atom stereocenters. The average molecular weight is 275 g/mol. The van der Waals surface area contributed by atoms with Gasteiger partial charge in [-0.1, -0.05) is 31.4 Å². The topological polar surface area (TPSA) is 12.0 Å². The summed E-state index contributed by atoms with van der Waals surface area (Å²) in [4.78, 5) is 0. The van der Waals surface area contributed by atoms with Crippen LogP contribution in [0, 0.1) is 25.1 Å². The van der Waals surface area contributed by atoms with Gasteiger partial charge in [0, 0.05) is 12.6 Å². The Morgan fingerprint density at radius 3 is 2.30 bits per heavy atom. The van der Waals surface area contributed by atoms with Crippen molar-refractivity contribution in [2.24, 2.45) is 5.41 Å². The molecule has 0 radical (unpaired) electrons. The van der Waals surface area contributed by atoms with Gasteiger partial charge in [-0.25, -0.2) is 4.39 Å². The normalized spacial score (nSPS) is 24.6. The smallest absolute Gasteiger partial charge is 0.129 e. The van der Waals surface area contributed by atoms with E-state index < -0.39 is 0 Å². The molecule has 1 unspecified atom stereocenters. The van der Waals surface area contributed by atoms with Crippen molar-refractivity contribution in [1.82, 2.24) is 5.32 Å². The Kier molecular flexibility index (Phi) is 3.85. The van der Waals surface area contributed by atoms with Crippen LogP contribution in [-0.4, -0.2) is 6.04 Å². The second-order valence-electron chi connectivity index (χ2n) is 6.94. The average Bonchev–Trinajstić information content (AvgIpc) is 2.44. The molecule has 2 fully saturated rings. The zero-order valence-electron chi connectivity index (χ0n) is 12.8. The van der Waals surface area contributed by atoms with E-state index >= 15 is 0 Å². The first-order valence-corrected chi connectivity index (χ1v) is 8.10. The molecule has 0 saturated heterocycles. The monoisotopic (exact) mass is 275 g/mol. The maximum Gasteiger partial charge on any atom is 0.129 e. The Bertz CT molecular complexity index is 465. The summed E-state index contributed by atoms with van der Waals surface area (Å²) in [6, 6.07) is 4.66. The summed E-state index contributed by atoms with van der Waals surface area (Å²) < 4.78 is 13.7. The summed E-state index contributed by atoms with van der Waals surface area (Å²) in [5.74, 6) is -0.0545. The van der Waals surface area contributed by atoms with Gasteiger partial charge < -0.3 is 5.32 Å². The van der Waals surface area contributed by atoms with Crippen LogP contribution < -0.4 is 5.32 Å². The Hall–Kier alpha value is -0.890. The highest BCUT2D eigenvalue weighted by Gasteiger charge is 2.46. The number of rotatable bonds is 3. The van der Waals surface area contributed by atoms with Gasteiger partial charge in [0.15, 0.2) is 0 Å². The van der Waals surface area contributed by atoms with E-state index in [0.717, 1.165) is 17.7 Å². The Morgan fingerprint density at radius 2 is 1.75 bits per heavy atom. The molecule has 2 saturated carbocycles. The lowest BCUT2D eigenvalue weighted by Gasteiger charge is -2.52. The van der Waals surface area contributed by atoms with Crippen molar-refractivity contribution in [3.05, 3.63) is 34.6 Å². The summed E-state index contributed by atoms with van der Waals surface area (Å²) in [5.41, 5.74) is 3.35. The van der Waals surface area contributed by atoms with E-state index in [2.05, 4.69) is 5.32 Å². The predicted molar refractivity (Wildman–Crippen MR) is 81.3 cm³/mol. The first-order chi connectivity index (χ1) is 9.61. The molecule has 2 aliphatic rings. The van der Waals surface area contributed by atoms with E-state index in [1.54, 1.807) is 0 Å². The van der Waals surface area contributed by atoms with Crippen LogP contribution in [0.5, 0.6) is 0 Å². The summed E-state index contributed by atoms with van der Waals surface area (Å²) in [6.45, 7) is 4.60. The highest BCUT2D eigenvalue weighted by Crippen LogP contribution is 2.51. The van der Waals surface area contributed by atoms with Gasteiger partial charge in [-0.05, 0) is 61.6 Å². The second kappa shape index (κ2) is 5.48. The molecule has 110 valence electrons. The summed E-state index contributed by atoms with van der Waals surface area (Å²) >= 11 is 0. The third-order valence-electron chi connectivity index (χ3n) is 5.57. The summed E-state index contributed by atoms with van der Waals surface area (Å²) in [6.07, 6.45) is 9.79. The fraction of sp³-hybridized carbons (Fsp3) is 0.667. The Morgan fingerprint density at radius 1 is 1.10 bits per heavy atom. The van der Waals surface area contributed by atoms with Gasteiger partial charge in [0.1, 0.15) is 5.82 Å². The van der Waals surface area contributed by atoms with Crippen molar-refractivity contribution >= 4 is 0 Å². The molecular formula is C18H26FN. The lowest BCUT2D eigenvalue weighted by atomic mass is 9.57. The molecular weight excluding hydrogens is 249 g/mol. The van der Waals surface area contributed by atoms with Crippen LogP contribution in [0.25, 0.3) is 0 Å². The molecule has 0 aromatic heterocycles. The van der Waals surface area contributed by atoms with Gasteiger partial charge in [-0.15, -0.1) is 0 Å². The molecule has 1 spiro atoms. The van der Waals surface area contributed by atoms with Crippen molar-refractivity contribution in [1.29, 1.82) is 0 Å². The molecule has 20 heavy (non-hydrogen) atoms. The molecule has 1 aromatic carbocycles. The van der Waals surface area contributed by atoms with Crippen molar-refractivity contribution in [3.63, 3.8) is 0 Å². The number of aryl methyl sites for hydroxylation is 2. The van der Waals surface area contributed by atoms with E-state index in [4.69, 9.17) is 0 Å². The van der Waals surface area contributed by atoms with E-state index in [1.807, 2.05) is 26.0 Å². The van der Waals surface area contributed by atoms with Gasteiger partial charge in [0.25, 0.3) is 0 Å². The van der Waals surface area contributed by atoms with E-state index in [-0.39, 0.29) is 5.82 Å². The maximum absolute atomic E-state index is 13.7. The largest absolute Gasteiger partial charge is 0.309 e. The SMILES string of the molecule is Cc1cc(CNC2CCC23CCCCC3)cc(C)c1F. The van der Waals surface area contributed by atoms with Crippen molar-refractivity contribution in [2.45, 2.75) is 71.4 Å². The van der Waals surface area contributed by atoms with Gasteiger partial charge in [-0.2, -0.15) is 0 Å². The van der Waals surface area contributed by atoms with Crippen molar-refractivity contribution in [2.75, 3.05) is 0 Å². The minimum Gasteiger partial charge on any atom is -0.309 e. The molecule has 0 aliphatic heterocycles. The molecule has 1 nitrogen and oxygen atoms in total. The van der Waals surface area contributed by atoms with Gasteiger partial charge >= 0.3 is 0 Å². The van der Waals surface area contributed by atoms with Crippen LogP contribution in [0.3, 0.4) is 0 Å². The fourth-order valence-electron chi connectivity index (χ4n) is 4.25. The fourth-order valence-corrected chi connectivity index (χ4v) is 4.25. The lowest BCUT2D eigenvalue weighted by Crippen LogP contribution is -2.53. The zero-order valence-corrected chi connectivity index (χ0v) is 12.8. The number of hydrogen-bond donors (Lipinski definition) is 1. The van der Waals surface area contributed by atoms with Crippen LogP contribution in [0.1, 0.15) is 61.6 Å². The number of nitrogens with one attached hydrogen (secondary N) is 1. The summed E-state index contributed by atoms with van der Waals surface area (Å²) in [5, 5.41) is 3.75. The number of hydrogen-bond acceptors (Lipinski definition) is 1. The van der Waals surface area contributed by atoms with Gasteiger partial charge in [0.05, 0.1) is 0 Å². The first-order valence-electron chi connectivity index (χ1n) is 8.10. The molecule has 2 aliphatic carbocycles. The van der Waals surface area contributed by atoms with Gasteiger partial charge in [0.2, 0.25) is 0 Å². The highest BCUT2D eigenvalue weighted by molar-refractivity contribution is 5.30. The van der Waals surface area contributed by atoms with E-state index in [9.17, 15) is 4.39 Å². The summed E-state index contributed by atoms with van der Waals surface area (Å²) in [7, 11) is 0. The predicted octanol–water partition coefficient (Wildman–Crippen LogP) is 4.65. The van der Waals surface area contributed by atoms with E-state index in [1.165, 1.54) is 50.5 Å². The minimum atomic E-state index is -0.0545. The van der Waals surface area contributed by atoms with Crippen LogP contribution in [0.15, 0.2) is 12.1 Å². The van der Waals surface area contributed by atoms with Crippen LogP contribution in [0.2, 0.25) is 0 Å². The molecule has 0 amide bonds. The second-order valence-corrected chi connectivity index (χ2v) is 6.94. The molecule has 2 heteroatoms. The zero-order chi connectivity index (χ0) is 14.2. The lowest BCUT2D eigenvalue weighted by molar-refractivity contribution is 0.0221. The van der Waals surface area contributed by atoms with Crippen molar-refractivity contribution < 1.29 is 4.39 Å². The molecule has 0 bridgehead atoms. The Labute approximate surface area is 122 Å². The third-order valence-corrected chi connectivity index (χ3v) is 5.57. The first kappa shape index (κ1) is 14.1. The highest BCUT2D eigenvalue weighted by atomic mass is 19.1.